The first-order valence-electron chi connectivity index (χ1n) is 17.8. The van der Waals surface area contributed by atoms with Crippen molar-refractivity contribution in [3.8, 4) is 28.0 Å². The molecule has 1 heterocycles. The fraction of sp³-hybridized carbons (Fsp3) is 0.349. The zero-order chi connectivity index (χ0) is 40.0. The average Bonchev–Trinajstić information content (AvgIpc) is 3.41. The van der Waals surface area contributed by atoms with Gasteiger partial charge in [0.1, 0.15) is 11.9 Å². The van der Waals surface area contributed by atoms with E-state index in [0.717, 1.165) is 45.4 Å². The summed E-state index contributed by atoms with van der Waals surface area (Å²) < 4.78 is 99.0. The van der Waals surface area contributed by atoms with Crippen molar-refractivity contribution in [1.29, 1.82) is 0 Å². The molecule has 2 aliphatic rings. The molecule has 0 unspecified atom stereocenters. The third-order valence-electron chi connectivity index (χ3n) is 10.6. The molecule has 0 bridgehead atoms. The van der Waals surface area contributed by atoms with Crippen LogP contribution in [0.2, 0.25) is 0 Å². The molecule has 0 aromatic heterocycles. The van der Waals surface area contributed by atoms with Crippen LogP contribution in [0, 0.1) is 12.3 Å². The van der Waals surface area contributed by atoms with Crippen molar-refractivity contribution >= 4 is 17.6 Å². The lowest BCUT2D eigenvalue weighted by Gasteiger charge is -2.36. The van der Waals surface area contributed by atoms with Crippen molar-refractivity contribution in [2.24, 2.45) is 5.41 Å². The molecule has 12 heteroatoms. The summed E-state index contributed by atoms with van der Waals surface area (Å²) >= 11 is 0. The Hall–Kier alpha value is -5.26. The maximum atomic E-state index is 13.7. The van der Waals surface area contributed by atoms with Gasteiger partial charge in [-0.3, -0.25) is 4.90 Å². The number of carbonyl (C=O) groups excluding carboxylic acids is 2. The summed E-state index contributed by atoms with van der Waals surface area (Å²) in [5.41, 5.74) is 3.43. The predicted octanol–water partition coefficient (Wildman–Crippen LogP) is 11.7. The van der Waals surface area contributed by atoms with E-state index >= 15 is 0 Å². The standard InChI is InChI=1S/C43H41F6NO5/c1-24-32(26-10-8-7-9-11-26)13-14-34(39(51)54-6)37(24)27-12-15-36(53-5)35(20-27)33-16-17-41(3,4)22-29(33)23-50-25(2)38(55-40(50)52)28-18-30(42(44,45)46)21-31(19-28)43(47,48)49/h7-15,18-21,25,38H,16-17,22-23H2,1-6H3/t25-,38-/m1/s1. The van der Waals surface area contributed by atoms with Gasteiger partial charge in [-0.1, -0.05) is 56.3 Å². The highest BCUT2D eigenvalue weighted by Crippen LogP contribution is 2.48. The van der Waals surface area contributed by atoms with E-state index in [9.17, 15) is 35.9 Å². The number of amides is 1. The molecule has 1 fully saturated rings. The summed E-state index contributed by atoms with van der Waals surface area (Å²) in [6.45, 7) is 7.70. The highest BCUT2D eigenvalue weighted by atomic mass is 19.4. The number of alkyl halides is 6. The average molecular weight is 766 g/mol. The molecule has 1 aliphatic carbocycles. The second-order valence-electron chi connectivity index (χ2n) is 14.9. The molecular weight excluding hydrogens is 724 g/mol. The minimum Gasteiger partial charge on any atom is -0.496 e. The van der Waals surface area contributed by atoms with E-state index in [2.05, 4.69) is 13.8 Å². The number of halogens is 6. The number of cyclic esters (lactones) is 1. The van der Waals surface area contributed by atoms with Gasteiger partial charge < -0.3 is 14.2 Å². The van der Waals surface area contributed by atoms with E-state index in [1.54, 1.807) is 20.1 Å². The Morgan fingerprint density at radius 1 is 0.873 bits per heavy atom. The van der Waals surface area contributed by atoms with Gasteiger partial charge in [-0.25, -0.2) is 9.59 Å². The Balaban J connectivity index is 1.45. The quantitative estimate of drug-likeness (QED) is 0.132. The topological polar surface area (TPSA) is 65.1 Å². The van der Waals surface area contributed by atoms with Gasteiger partial charge >= 0.3 is 24.4 Å². The van der Waals surface area contributed by atoms with E-state index in [-0.39, 0.29) is 18.0 Å². The maximum absolute atomic E-state index is 13.7. The van der Waals surface area contributed by atoms with Crippen molar-refractivity contribution in [2.75, 3.05) is 20.8 Å². The monoisotopic (exact) mass is 765 g/mol. The number of ether oxygens (including phenoxy) is 3. The predicted molar refractivity (Wildman–Crippen MR) is 196 cm³/mol. The minimum atomic E-state index is -5.05. The van der Waals surface area contributed by atoms with Crippen molar-refractivity contribution < 1.29 is 50.1 Å². The molecule has 290 valence electrons. The maximum Gasteiger partial charge on any atom is 0.416 e. The summed E-state index contributed by atoms with van der Waals surface area (Å²) in [6.07, 6.45) is -10.4. The Kier molecular flexibility index (Phi) is 10.6. The van der Waals surface area contributed by atoms with E-state index in [1.165, 1.54) is 12.0 Å². The lowest BCUT2D eigenvalue weighted by atomic mass is 9.72. The SMILES string of the molecule is COC(=O)c1ccc(-c2ccccc2)c(C)c1-c1ccc(OC)c(C2=C(CN3C(=O)O[C@@H](c4cc(C(F)(F)F)cc(C(F)(F)F)c4)[C@H]3C)CC(C)(C)CC2)c1. The number of rotatable bonds is 8. The van der Waals surface area contributed by atoms with Crippen molar-refractivity contribution in [1.82, 2.24) is 4.90 Å². The number of benzene rings is 4. The van der Waals surface area contributed by atoms with Gasteiger partial charge in [0.15, 0.2) is 0 Å². The highest BCUT2D eigenvalue weighted by molar-refractivity contribution is 6.00. The van der Waals surface area contributed by atoms with Gasteiger partial charge in [0, 0.05) is 12.1 Å². The molecule has 6 rings (SSSR count). The van der Waals surface area contributed by atoms with Crippen LogP contribution in [0.15, 0.2) is 84.4 Å². The number of esters is 1. The van der Waals surface area contributed by atoms with Crippen LogP contribution in [0.4, 0.5) is 31.1 Å². The number of hydrogen-bond acceptors (Lipinski definition) is 5. The first kappa shape index (κ1) is 39.4. The van der Waals surface area contributed by atoms with Gasteiger partial charge in [0.2, 0.25) is 0 Å². The van der Waals surface area contributed by atoms with Gasteiger partial charge in [-0.05, 0) is 119 Å². The van der Waals surface area contributed by atoms with Crippen LogP contribution in [0.1, 0.15) is 84.3 Å². The number of nitrogens with zero attached hydrogens (tertiary/aromatic N) is 1. The van der Waals surface area contributed by atoms with Crippen molar-refractivity contribution in [3.05, 3.63) is 118 Å². The van der Waals surface area contributed by atoms with Crippen LogP contribution < -0.4 is 4.74 Å². The second kappa shape index (κ2) is 14.8. The molecule has 1 aliphatic heterocycles. The molecule has 0 saturated carbocycles. The van der Waals surface area contributed by atoms with Crippen LogP contribution in [0.3, 0.4) is 0 Å². The zero-order valence-electron chi connectivity index (χ0n) is 31.2. The summed E-state index contributed by atoms with van der Waals surface area (Å²) in [5, 5.41) is 0. The van der Waals surface area contributed by atoms with E-state index in [0.29, 0.717) is 41.9 Å². The Morgan fingerprint density at radius 3 is 2.13 bits per heavy atom. The smallest absolute Gasteiger partial charge is 0.416 e. The molecule has 0 N–H and O–H groups in total. The fourth-order valence-corrected chi connectivity index (χ4v) is 7.79. The Labute approximate surface area is 315 Å². The van der Waals surface area contributed by atoms with Crippen molar-refractivity contribution in [3.63, 3.8) is 0 Å². The number of methoxy groups -OCH3 is 2. The molecule has 0 spiro atoms. The summed E-state index contributed by atoms with van der Waals surface area (Å²) in [7, 11) is 2.87. The third kappa shape index (κ3) is 7.95. The molecule has 4 aromatic rings. The van der Waals surface area contributed by atoms with Crippen LogP contribution in [0.5, 0.6) is 5.75 Å². The third-order valence-corrected chi connectivity index (χ3v) is 10.6. The molecule has 1 saturated heterocycles. The van der Waals surface area contributed by atoms with Crippen LogP contribution in [-0.4, -0.2) is 43.8 Å². The summed E-state index contributed by atoms with van der Waals surface area (Å²) in [4.78, 5) is 28.0. The highest BCUT2D eigenvalue weighted by Gasteiger charge is 2.44. The molecular formula is C43H41F6NO5. The molecule has 2 atom stereocenters. The lowest BCUT2D eigenvalue weighted by molar-refractivity contribution is -0.143. The normalized spacial score (nSPS) is 18.7. The largest absolute Gasteiger partial charge is 0.496 e. The molecule has 0 radical (unpaired) electrons. The Bertz CT molecular complexity index is 2120. The molecule has 55 heavy (non-hydrogen) atoms. The molecule has 4 aromatic carbocycles. The van der Waals surface area contributed by atoms with Crippen LogP contribution >= 0.6 is 0 Å². The summed E-state index contributed by atoms with van der Waals surface area (Å²) in [5.74, 6) is 0.0413. The second-order valence-corrected chi connectivity index (χ2v) is 14.9. The Morgan fingerprint density at radius 2 is 1.53 bits per heavy atom. The van der Waals surface area contributed by atoms with E-state index in [1.807, 2.05) is 61.5 Å². The van der Waals surface area contributed by atoms with Gasteiger partial charge in [0.25, 0.3) is 0 Å². The van der Waals surface area contributed by atoms with Gasteiger partial charge in [0.05, 0.1) is 37.0 Å². The first-order chi connectivity index (χ1) is 25.8. The first-order valence-corrected chi connectivity index (χ1v) is 17.8. The number of hydrogen-bond donors (Lipinski definition) is 0. The van der Waals surface area contributed by atoms with Crippen molar-refractivity contribution in [2.45, 2.75) is 71.5 Å². The number of allylic oxidation sites excluding steroid dienone is 1. The van der Waals surface area contributed by atoms with Gasteiger partial charge in [-0.2, -0.15) is 26.3 Å². The number of carbonyl (C=O) groups is 2. The molecule has 1 amide bonds. The fourth-order valence-electron chi connectivity index (χ4n) is 7.79. The molecule has 6 nitrogen and oxygen atoms in total. The van der Waals surface area contributed by atoms with E-state index in [4.69, 9.17) is 14.2 Å². The lowest BCUT2D eigenvalue weighted by Crippen LogP contribution is -2.35. The van der Waals surface area contributed by atoms with Crippen LogP contribution in [-0.2, 0) is 21.8 Å². The van der Waals surface area contributed by atoms with E-state index < -0.39 is 53.3 Å². The minimum absolute atomic E-state index is 0.0175. The van der Waals surface area contributed by atoms with Gasteiger partial charge in [-0.15, -0.1) is 0 Å². The van der Waals surface area contributed by atoms with Crippen LogP contribution in [0.25, 0.3) is 27.8 Å². The summed E-state index contributed by atoms with van der Waals surface area (Å²) in [6, 6.07) is 19.4. The zero-order valence-corrected chi connectivity index (χ0v) is 31.2.